The van der Waals surface area contributed by atoms with E-state index < -0.39 is 11.2 Å². The Morgan fingerprint density at radius 3 is 2.64 bits per heavy atom. The normalized spacial score (nSPS) is 10.9. The van der Waals surface area contributed by atoms with Gasteiger partial charge in [-0.05, 0) is 18.2 Å². The highest BCUT2D eigenvalue weighted by molar-refractivity contribution is 9.10. The number of anilines is 1. The maximum atomic E-state index is 11.8. The molecular formula is C14H15BrN4O3. The molecule has 1 heterocycles. The number of rotatable bonds is 4. The molecule has 0 amide bonds. The van der Waals surface area contributed by atoms with E-state index in [0.29, 0.717) is 11.6 Å². The Kier molecular flexibility index (Phi) is 4.81. The number of halogens is 1. The Balaban J connectivity index is 2.29. The van der Waals surface area contributed by atoms with E-state index in [1.165, 1.54) is 17.7 Å². The summed E-state index contributed by atoms with van der Waals surface area (Å²) in [4.78, 5) is 23.4. The number of aromatic nitrogens is 2. The van der Waals surface area contributed by atoms with Crippen molar-refractivity contribution in [1.82, 2.24) is 9.13 Å². The van der Waals surface area contributed by atoms with Crippen LogP contribution in [0.3, 0.4) is 0 Å². The molecule has 8 heteroatoms. The smallest absolute Gasteiger partial charge is 0.332 e. The van der Waals surface area contributed by atoms with Gasteiger partial charge in [0.2, 0.25) is 0 Å². The third-order valence-corrected chi connectivity index (χ3v) is 3.59. The van der Waals surface area contributed by atoms with Crippen LogP contribution in [-0.2, 0) is 14.1 Å². The van der Waals surface area contributed by atoms with E-state index in [0.717, 1.165) is 14.6 Å². The van der Waals surface area contributed by atoms with Crippen LogP contribution in [0.15, 0.2) is 43.4 Å². The molecule has 1 N–H and O–H groups in total. The quantitative estimate of drug-likeness (QED) is 0.653. The minimum Gasteiger partial charge on any atom is -0.496 e. The summed E-state index contributed by atoms with van der Waals surface area (Å²) in [5.41, 5.74) is 2.61. The van der Waals surface area contributed by atoms with Gasteiger partial charge in [-0.3, -0.25) is 19.4 Å². The molecule has 116 valence electrons. The average molecular weight is 367 g/mol. The molecule has 7 nitrogen and oxygen atoms in total. The fourth-order valence-corrected chi connectivity index (χ4v) is 2.19. The van der Waals surface area contributed by atoms with Gasteiger partial charge < -0.3 is 4.74 Å². The van der Waals surface area contributed by atoms with Crippen LogP contribution < -0.4 is 21.4 Å². The van der Waals surface area contributed by atoms with Crippen molar-refractivity contribution in [3.63, 3.8) is 0 Å². The van der Waals surface area contributed by atoms with E-state index >= 15 is 0 Å². The van der Waals surface area contributed by atoms with Crippen molar-refractivity contribution >= 4 is 28.0 Å². The van der Waals surface area contributed by atoms with Gasteiger partial charge in [0.05, 0.1) is 13.3 Å². The van der Waals surface area contributed by atoms with E-state index in [4.69, 9.17) is 4.74 Å². The molecule has 0 radical (unpaired) electrons. The summed E-state index contributed by atoms with van der Waals surface area (Å²) in [5, 5.41) is 4.05. The molecule has 0 fully saturated rings. The first-order valence-corrected chi connectivity index (χ1v) is 7.13. The Bertz CT molecular complexity index is 839. The lowest BCUT2D eigenvalue weighted by Crippen LogP contribution is -2.37. The number of hydrazone groups is 1. The van der Waals surface area contributed by atoms with Crippen molar-refractivity contribution < 1.29 is 4.74 Å². The summed E-state index contributed by atoms with van der Waals surface area (Å²) in [6, 6.07) is 6.80. The molecule has 1 aromatic heterocycles. The maximum absolute atomic E-state index is 11.8. The molecule has 0 aliphatic heterocycles. The molecule has 0 atom stereocenters. The van der Waals surface area contributed by atoms with Gasteiger partial charge in [-0.15, -0.1) is 0 Å². The second-order valence-corrected chi connectivity index (χ2v) is 5.44. The summed E-state index contributed by atoms with van der Waals surface area (Å²) < 4.78 is 8.44. The van der Waals surface area contributed by atoms with Crippen molar-refractivity contribution in [2.45, 2.75) is 0 Å². The fraction of sp³-hybridized carbons (Fsp3) is 0.214. The number of hydrogen-bond donors (Lipinski definition) is 1. The highest BCUT2D eigenvalue weighted by Crippen LogP contribution is 2.21. The number of ether oxygens (including phenoxy) is 1. The second-order valence-electron chi connectivity index (χ2n) is 4.52. The topological polar surface area (TPSA) is 77.6 Å². The number of nitrogens with one attached hydrogen (secondary N) is 1. The third kappa shape index (κ3) is 3.28. The molecule has 0 spiro atoms. The van der Waals surface area contributed by atoms with Crippen LogP contribution in [0, 0.1) is 0 Å². The Labute approximate surface area is 135 Å². The summed E-state index contributed by atoms with van der Waals surface area (Å²) in [6.45, 7) is 0. The zero-order valence-electron chi connectivity index (χ0n) is 12.3. The van der Waals surface area contributed by atoms with Crippen LogP contribution in [0.4, 0.5) is 5.82 Å². The molecule has 0 saturated heterocycles. The number of methoxy groups -OCH3 is 1. The average Bonchev–Trinajstić information content (AvgIpc) is 2.50. The van der Waals surface area contributed by atoms with Crippen molar-refractivity contribution in [1.29, 1.82) is 0 Å². The lowest BCUT2D eigenvalue weighted by atomic mass is 10.2. The highest BCUT2D eigenvalue weighted by atomic mass is 79.9. The van der Waals surface area contributed by atoms with E-state index in [1.54, 1.807) is 26.4 Å². The van der Waals surface area contributed by atoms with Crippen LogP contribution in [0.25, 0.3) is 0 Å². The molecule has 1 aromatic carbocycles. The second kappa shape index (κ2) is 6.61. The fourth-order valence-electron chi connectivity index (χ4n) is 1.81. The van der Waals surface area contributed by atoms with Gasteiger partial charge >= 0.3 is 5.69 Å². The SMILES string of the molecule is COc1ccc(Br)cc1/C=N/Nc1cc(=O)n(C)c(=O)n1C. The largest absolute Gasteiger partial charge is 0.496 e. The number of hydrogen-bond acceptors (Lipinski definition) is 5. The standard InChI is InChI=1S/C14H15BrN4O3/c1-18-12(7-13(20)19(2)14(18)21)17-16-8-9-6-10(15)4-5-11(9)22-3/h4-8,17H,1-3H3/b16-8+. The highest BCUT2D eigenvalue weighted by Gasteiger charge is 2.05. The van der Waals surface area contributed by atoms with Crippen molar-refractivity contribution in [2.75, 3.05) is 12.5 Å². The van der Waals surface area contributed by atoms with Gasteiger partial charge in [-0.2, -0.15) is 5.10 Å². The first kappa shape index (κ1) is 16.0. The minimum absolute atomic E-state index is 0.304. The molecular weight excluding hydrogens is 352 g/mol. The Morgan fingerprint density at radius 1 is 1.23 bits per heavy atom. The summed E-state index contributed by atoms with van der Waals surface area (Å²) in [6.07, 6.45) is 1.55. The van der Waals surface area contributed by atoms with Crippen LogP contribution >= 0.6 is 15.9 Å². The third-order valence-electron chi connectivity index (χ3n) is 3.10. The molecule has 2 rings (SSSR count). The van der Waals surface area contributed by atoms with Crippen molar-refractivity contribution in [2.24, 2.45) is 19.2 Å². The number of benzene rings is 1. The van der Waals surface area contributed by atoms with Crippen LogP contribution in [0.1, 0.15) is 5.56 Å². The summed E-state index contributed by atoms with van der Waals surface area (Å²) in [5.74, 6) is 0.963. The maximum Gasteiger partial charge on any atom is 0.332 e. The molecule has 0 bridgehead atoms. The monoisotopic (exact) mass is 366 g/mol. The minimum atomic E-state index is -0.426. The van der Waals surface area contributed by atoms with Crippen LogP contribution in [0.2, 0.25) is 0 Å². The van der Waals surface area contributed by atoms with E-state index in [2.05, 4.69) is 26.5 Å². The van der Waals surface area contributed by atoms with Crippen LogP contribution in [-0.4, -0.2) is 22.5 Å². The summed E-state index contributed by atoms with van der Waals surface area (Å²) in [7, 11) is 4.54. The zero-order chi connectivity index (χ0) is 16.3. The van der Waals surface area contributed by atoms with Crippen molar-refractivity contribution in [3.05, 3.63) is 55.1 Å². The van der Waals surface area contributed by atoms with Gasteiger partial charge in [0.1, 0.15) is 11.6 Å². The van der Waals surface area contributed by atoms with E-state index in [-0.39, 0.29) is 0 Å². The molecule has 0 saturated carbocycles. The first-order valence-electron chi connectivity index (χ1n) is 6.33. The van der Waals surface area contributed by atoms with Gasteiger partial charge in [0, 0.05) is 30.2 Å². The molecule has 0 aliphatic rings. The Hall–Kier alpha value is -2.35. The lowest BCUT2D eigenvalue weighted by molar-refractivity contribution is 0.414. The van der Waals surface area contributed by atoms with E-state index in [9.17, 15) is 9.59 Å². The molecule has 2 aromatic rings. The zero-order valence-corrected chi connectivity index (χ0v) is 13.9. The van der Waals surface area contributed by atoms with E-state index in [1.807, 2.05) is 12.1 Å². The van der Waals surface area contributed by atoms with Gasteiger partial charge in [-0.1, -0.05) is 15.9 Å². The molecule has 0 unspecified atom stereocenters. The molecule has 0 aliphatic carbocycles. The summed E-state index contributed by atoms with van der Waals surface area (Å²) >= 11 is 3.37. The lowest BCUT2D eigenvalue weighted by Gasteiger charge is -2.08. The first-order chi connectivity index (χ1) is 10.4. The Morgan fingerprint density at radius 2 is 1.95 bits per heavy atom. The van der Waals surface area contributed by atoms with Crippen LogP contribution in [0.5, 0.6) is 5.75 Å². The van der Waals surface area contributed by atoms with Crippen molar-refractivity contribution in [3.8, 4) is 5.75 Å². The predicted molar refractivity (Wildman–Crippen MR) is 88.8 cm³/mol. The van der Waals surface area contributed by atoms with Gasteiger partial charge in [0.25, 0.3) is 5.56 Å². The predicted octanol–water partition coefficient (Wildman–Crippen LogP) is 1.30. The number of nitrogens with zero attached hydrogens (tertiary/aromatic N) is 3. The van der Waals surface area contributed by atoms with Gasteiger partial charge in [0.15, 0.2) is 0 Å². The molecule has 22 heavy (non-hydrogen) atoms. The van der Waals surface area contributed by atoms with Gasteiger partial charge in [-0.25, -0.2) is 4.79 Å².